The Balaban J connectivity index is 2.14. The summed E-state index contributed by atoms with van der Waals surface area (Å²) in [6.07, 6.45) is 6.84. The third kappa shape index (κ3) is 1.30. The Hall–Kier alpha value is -0.790. The Bertz CT molecular complexity index is 248. The summed E-state index contributed by atoms with van der Waals surface area (Å²) in [7, 11) is 0. The molecule has 2 rings (SSSR count). The third-order valence-corrected chi connectivity index (χ3v) is 2.45. The second-order valence-corrected chi connectivity index (χ2v) is 3.58. The molecule has 1 saturated carbocycles. The van der Waals surface area contributed by atoms with Gasteiger partial charge in [-0.1, -0.05) is 0 Å². The fourth-order valence-electron chi connectivity index (χ4n) is 1.45. The zero-order chi connectivity index (χ0) is 7.84. The molecule has 2 heteroatoms. The molecule has 1 aliphatic rings. The number of rotatable bonds is 2. The van der Waals surface area contributed by atoms with Crippen molar-refractivity contribution in [3.63, 3.8) is 0 Å². The molecule has 0 bridgehead atoms. The maximum absolute atomic E-state index is 4.29. The molecule has 11 heavy (non-hydrogen) atoms. The van der Waals surface area contributed by atoms with Gasteiger partial charge in [-0.25, -0.2) is 0 Å². The van der Waals surface area contributed by atoms with E-state index in [2.05, 4.69) is 29.8 Å². The van der Waals surface area contributed by atoms with Crippen LogP contribution < -0.4 is 0 Å². The SMILES string of the molecule is Cc1cnn(C(C)C2CC2)c1. The predicted molar refractivity (Wildman–Crippen MR) is 44.4 cm³/mol. The van der Waals surface area contributed by atoms with Crippen molar-refractivity contribution >= 4 is 0 Å². The van der Waals surface area contributed by atoms with Gasteiger partial charge in [0.05, 0.1) is 12.2 Å². The van der Waals surface area contributed by atoms with Gasteiger partial charge in [0, 0.05) is 6.20 Å². The van der Waals surface area contributed by atoms with Crippen LogP contribution in [-0.2, 0) is 0 Å². The topological polar surface area (TPSA) is 17.8 Å². The molecule has 1 aliphatic carbocycles. The molecule has 0 aliphatic heterocycles. The molecule has 1 aromatic heterocycles. The van der Waals surface area contributed by atoms with Crippen LogP contribution in [0.25, 0.3) is 0 Å². The van der Waals surface area contributed by atoms with Crippen LogP contribution >= 0.6 is 0 Å². The molecule has 1 unspecified atom stereocenters. The van der Waals surface area contributed by atoms with E-state index in [-0.39, 0.29) is 0 Å². The Morgan fingerprint density at radius 2 is 2.36 bits per heavy atom. The minimum atomic E-state index is 0.615. The van der Waals surface area contributed by atoms with Crippen LogP contribution in [0.15, 0.2) is 12.4 Å². The van der Waals surface area contributed by atoms with Crippen molar-refractivity contribution in [1.82, 2.24) is 9.78 Å². The standard InChI is InChI=1S/C9H14N2/c1-7-5-10-11(6-7)8(2)9-3-4-9/h5-6,8-9H,3-4H2,1-2H3. The summed E-state index contributed by atoms with van der Waals surface area (Å²) in [5.74, 6) is 0.897. The Labute approximate surface area is 67.2 Å². The van der Waals surface area contributed by atoms with E-state index in [0.717, 1.165) is 5.92 Å². The normalized spacial score (nSPS) is 20.2. The number of hydrogen-bond acceptors (Lipinski definition) is 1. The summed E-state index contributed by atoms with van der Waals surface area (Å²) in [6, 6.07) is 0.615. The molecule has 1 heterocycles. The summed E-state index contributed by atoms with van der Waals surface area (Å²) >= 11 is 0. The minimum Gasteiger partial charge on any atom is -0.269 e. The average molecular weight is 150 g/mol. The Morgan fingerprint density at radius 3 is 2.82 bits per heavy atom. The minimum absolute atomic E-state index is 0.615. The van der Waals surface area contributed by atoms with Crippen molar-refractivity contribution in [1.29, 1.82) is 0 Å². The highest BCUT2D eigenvalue weighted by molar-refractivity contribution is 5.01. The van der Waals surface area contributed by atoms with E-state index < -0.39 is 0 Å². The van der Waals surface area contributed by atoms with Crippen LogP contribution in [0.5, 0.6) is 0 Å². The Kier molecular flexibility index (Phi) is 1.48. The van der Waals surface area contributed by atoms with E-state index in [1.807, 2.05) is 6.20 Å². The van der Waals surface area contributed by atoms with E-state index in [1.54, 1.807) is 0 Å². The van der Waals surface area contributed by atoms with Gasteiger partial charge in [0.2, 0.25) is 0 Å². The van der Waals surface area contributed by atoms with Gasteiger partial charge in [0.1, 0.15) is 0 Å². The summed E-state index contributed by atoms with van der Waals surface area (Å²) in [6.45, 7) is 4.34. The van der Waals surface area contributed by atoms with Gasteiger partial charge < -0.3 is 0 Å². The van der Waals surface area contributed by atoms with Crippen LogP contribution in [0.3, 0.4) is 0 Å². The van der Waals surface area contributed by atoms with Gasteiger partial charge in [0.25, 0.3) is 0 Å². The van der Waals surface area contributed by atoms with E-state index in [0.29, 0.717) is 6.04 Å². The zero-order valence-corrected chi connectivity index (χ0v) is 7.12. The largest absolute Gasteiger partial charge is 0.269 e. The molecule has 2 nitrogen and oxygen atoms in total. The van der Waals surface area contributed by atoms with Crippen molar-refractivity contribution in [2.75, 3.05) is 0 Å². The number of aromatic nitrogens is 2. The highest BCUT2D eigenvalue weighted by atomic mass is 15.3. The molecule has 0 saturated heterocycles. The number of aryl methyl sites for hydroxylation is 1. The second kappa shape index (κ2) is 2.36. The van der Waals surface area contributed by atoms with Gasteiger partial charge >= 0.3 is 0 Å². The predicted octanol–water partition coefficient (Wildman–Crippen LogP) is 2.16. The molecule has 0 radical (unpaired) electrons. The molecule has 0 spiro atoms. The molecule has 1 aromatic rings. The maximum Gasteiger partial charge on any atom is 0.0519 e. The summed E-state index contributed by atoms with van der Waals surface area (Å²) < 4.78 is 2.09. The highest BCUT2D eigenvalue weighted by Gasteiger charge is 2.29. The first-order valence-electron chi connectivity index (χ1n) is 4.28. The molecule has 60 valence electrons. The van der Waals surface area contributed by atoms with Crippen LogP contribution in [-0.4, -0.2) is 9.78 Å². The lowest BCUT2D eigenvalue weighted by molar-refractivity contribution is 0.440. The van der Waals surface area contributed by atoms with Gasteiger partial charge in [-0.2, -0.15) is 5.10 Å². The van der Waals surface area contributed by atoms with Gasteiger partial charge in [-0.05, 0) is 38.2 Å². The molecule has 1 fully saturated rings. The van der Waals surface area contributed by atoms with Crippen LogP contribution in [0.1, 0.15) is 31.4 Å². The van der Waals surface area contributed by atoms with Gasteiger partial charge in [0.15, 0.2) is 0 Å². The molecule has 0 amide bonds. The molecular weight excluding hydrogens is 136 g/mol. The van der Waals surface area contributed by atoms with Crippen LogP contribution in [0.2, 0.25) is 0 Å². The number of nitrogens with zero attached hydrogens (tertiary/aromatic N) is 2. The lowest BCUT2D eigenvalue weighted by Gasteiger charge is -2.09. The highest BCUT2D eigenvalue weighted by Crippen LogP contribution is 2.38. The average Bonchev–Trinajstić information content (AvgIpc) is 2.74. The molecule has 0 N–H and O–H groups in total. The Morgan fingerprint density at radius 1 is 1.64 bits per heavy atom. The fraction of sp³-hybridized carbons (Fsp3) is 0.667. The lowest BCUT2D eigenvalue weighted by Crippen LogP contribution is -2.06. The van der Waals surface area contributed by atoms with Crippen LogP contribution in [0, 0.1) is 12.8 Å². The van der Waals surface area contributed by atoms with Gasteiger partial charge in [-0.3, -0.25) is 4.68 Å². The fourth-order valence-corrected chi connectivity index (χ4v) is 1.45. The molecule has 1 atom stereocenters. The zero-order valence-electron chi connectivity index (χ0n) is 7.12. The molecular formula is C9H14N2. The van der Waals surface area contributed by atoms with E-state index in [4.69, 9.17) is 0 Å². The van der Waals surface area contributed by atoms with Crippen molar-refractivity contribution in [3.05, 3.63) is 18.0 Å². The maximum atomic E-state index is 4.29. The first-order chi connectivity index (χ1) is 5.27. The number of hydrogen-bond donors (Lipinski definition) is 0. The van der Waals surface area contributed by atoms with Crippen molar-refractivity contribution in [2.24, 2.45) is 5.92 Å². The second-order valence-electron chi connectivity index (χ2n) is 3.58. The van der Waals surface area contributed by atoms with Crippen molar-refractivity contribution < 1.29 is 0 Å². The van der Waals surface area contributed by atoms with Crippen molar-refractivity contribution in [2.45, 2.75) is 32.7 Å². The summed E-state index contributed by atoms with van der Waals surface area (Å²) in [5.41, 5.74) is 1.26. The summed E-state index contributed by atoms with van der Waals surface area (Å²) in [4.78, 5) is 0. The first kappa shape index (κ1) is 6.89. The van der Waals surface area contributed by atoms with E-state index in [9.17, 15) is 0 Å². The summed E-state index contributed by atoms with van der Waals surface area (Å²) in [5, 5.41) is 4.29. The smallest absolute Gasteiger partial charge is 0.0519 e. The van der Waals surface area contributed by atoms with E-state index in [1.165, 1.54) is 18.4 Å². The quantitative estimate of drug-likeness (QED) is 0.631. The first-order valence-corrected chi connectivity index (χ1v) is 4.28. The van der Waals surface area contributed by atoms with Crippen molar-refractivity contribution in [3.8, 4) is 0 Å². The van der Waals surface area contributed by atoms with Crippen LogP contribution in [0.4, 0.5) is 0 Å². The lowest BCUT2D eigenvalue weighted by atomic mass is 10.2. The van der Waals surface area contributed by atoms with Gasteiger partial charge in [-0.15, -0.1) is 0 Å². The third-order valence-electron chi connectivity index (χ3n) is 2.45. The molecule has 0 aromatic carbocycles. The van der Waals surface area contributed by atoms with E-state index >= 15 is 0 Å². The monoisotopic (exact) mass is 150 g/mol.